The molecule has 4 rings (SSSR count). The summed E-state index contributed by atoms with van der Waals surface area (Å²) in [5.41, 5.74) is 1.77. The highest BCUT2D eigenvalue weighted by Gasteiger charge is 2.24. The highest BCUT2D eigenvalue weighted by molar-refractivity contribution is 7.20. The van der Waals surface area contributed by atoms with Crippen molar-refractivity contribution < 1.29 is 9.18 Å². The minimum Gasteiger partial charge on any atom is -0.353 e. The van der Waals surface area contributed by atoms with Gasteiger partial charge >= 0.3 is 0 Å². The molecule has 3 heterocycles. The molecule has 1 aliphatic heterocycles. The maximum Gasteiger partial charge on any atom is 0.261 e. The average molecular weight is 414 g/mol. The Bertz CT molecular complexity index is 1040. The van der Waals surface area contributed by atoms with Gasteiger partial charge in [-0.25, -0.2) is 14.4 Å². The fourth-order valence-electron chi connectivity index (χ4n) is 3.55. The van der Waals surface area contributed by atoms with Crippen molar-refractivity contribution in [3.8, 4) is 0 Å². The van der Waals surface area contributed by atoms with E-state index in [4.69, 9.17) is 4.98 Å². The second-order valence-electron chi connectivity index (χ2n) is 7.43. The van der Waals surface area contributed by atoms with Crippen molar-refractivity contribution in [1.29, 1.82) is 0 Å². The molecule has 6 nitrogen and oxygen atoms in total. The summed E-state index contributed by atoms with van der Waals surface area (Å²) in [6, 6.07) is 6.14. The van der Waals surface area contributed by atoms with Gasteiger partial charge in [0.15, 0.2) is 0 Å². The van der Waals surface area contributed by atoms with Crippen molar-refractivity contribution >= 4 is 33.3 Å². The number of carbonyl (C=O) groups is 1. The lowest BCUT2D eigenvalue weighted by Crippen LogP contribution is -2.45. The minimum atomic E-state index is -0.286. The molecule has 0 spiro atoms. The van der Waals surface area contributed by atoms with E-state index < -0.39 is 0 Å². The lowest BCUT2D eigenvalue weighted by molar-refractivity contribution is 0.0954. The van der Waals surface area contributed by atoms with Crippen LogP contribution in [-0.2, 0) is 6.54 Å². The number of fused-ring (bicyclic) bond motifs is 1. The third-order valence-corrected chi connectivity index (χ3v) is 6.44. The average Bonchev–Trinajstić information content (AvgIpc) is 3.03. The van der Waals surface area contributed by atoms with Crippen LogP contribution in [0.3, 0.4) is 0 Å². The largest absolute Gasteiger partial charge is 0.353 e. The molecule has 1 aromatic carbocycles. The van der Waals surface area contributed by atoms with Crippen molar-refractivity contribution in [2.75, 3.05) is 38.1 Å². The summed E-state index contributed by atoms with van der Waals surface area (Å²) in [6.45, 7) is 7.99. The van der Waals surface area contributed by atoms with Gasteiger partial charge in [-0.3, -0.25) is 4.79 Å². The third kappa shape index (κ3) is 4.09. The maximum absolute atomic E-state index is 13.1. The van der Waals surface area contributed by atoms with Crippen LogP contribution in [0.1, 0.15) is 26.6 Å². The molecule has 0 bridgehead atoms. The van der Waals surface area contributed by atoms with Crippen LogP contribution in [0.15, 0.2) is 24.3 Å². The molecule has 1 fully saturated rings. The fourth-order valence-corrected chi connectivity index (χ4v) is 4.69. The summed E-state index contributed by atoms with van der Waals surface area (Å²) in [5, 5.41) is 3.91. The van der Waals surface area contributed by atoms with E-state index >= 15 is 0 Å². The van der Waals surface area contributed by atoms with Crippen molar-refractivity contribution in [3.05, 3.63) is 51.9 Å². The number of nitrogens with one attached hydrogen (secondary N) is 1. The monoisotopic (exact) mass is 413 g/mol. The summed E-state index contributed by atoms with van der Waals surface area (Å²) >= 11 is 1.40. The molecular formula is C21H24FN5OS. The molecule has 29 heavy (non-hydrogen) atoms. The Balaban J connectivity index is 1.62. The van der Waals surface area contributed by atoms with Crippen LogP contribution in [0.2, 0.25) is 0 Å². The van der Waals surface area contributed by atoms with Gasteiger partial charge in [0.2, 0.25) is 0 Å². The Hall–Kier alpha value is -2.58. The number of rotatable bonds is 4. The molecule has 0 radical (unpaired) electrons. The predicted octanol–water partition coefficient (Wildman–Crippen LogP) is 3.13. The number of likely N-dealkylation sites (N-methyl/N-ethyl adjacent to an activating group) is 1. The summed E-state index contributed by atoms with van der Waals surface area (Å²) < 4.78 is 13.1. The van der Waals surface area contributed by atoms with Crippen LogP contribution in [0.25, 0.3) is 10.2 Å². The molecule has 3 aromatic rings. The van der Waals surface area contributed by atoms with Gasteiger partial charge < -0.3 is 15.1 Å². The van der Waals surface area contributed by atoms with E-state index in [0.29, 0.717) is 17.2 Å². The number of aromatic nitrogens is 2. The number of aryl methyl sites for hydroxylation is 2. The molecule has 1 saturated heterocycles. The first-order valence-corrected chi connectivity index (χ1v) is 10.5. The molecule has 1 aliphatic rings. The molecule has 8 heteroatoms. The Kier molecular flexibility index (Phi) is 5.47. The second kappa shape index (κ2) is 8.04. The molecular weight excluding hydrogens is 389 g/mol. The fraction of sp³-hybridized carbons (Fsp3) is 0.381. The molecule has 0 atom stereocenters. The number of benzene rings is 1. The number of carbonyl (C=O) groups excluding carboxylic acids is 1. The Morgan fingerprint density at radius 1 is 1.14 bits per heavy atom. The zero-order chi connectivity index (χ0) is 20.5. The normalized spacial score (nSPS) is 15.1. The quantitative estimate of drug-likeness (QED) is 0.712. The SMILES string of the molecule is Cc1nc(N2CCN(C)CC2)c2c(C)c(C(=O)NCc3ccc(F)cc3)sc2n1. The zero-order valence-corrected chi connectivity index (χ0v) is 17.6. The number of halogens is 1. The van der Waals surface area contributed by atoms with Gasteiger partial charge in [-0.05, 0) is 44.2 Å². The van der Waals surface area contributed by atoms with E-state index in [-0.39, 0.29) is 11.7 Å². The lowest BCUT2D eigenvalue weighted by atomic mass is 10.1. The third-order valence-electron chi connectivity index (χ3n) is 5.26. The second-order valence-corrected chi connectivity index (χ2v) is 8.43. The van der Waals surface area contributed by atoms with E-state index in [2.05, 4.69) is 27.1 Å². The van der Waals surface area contributed by atoms with E-state index in [1.165, 1.54) is 23.5 Å². The molecule has 0 saturated carbocycles. The molecule has 0 unspecified atom stereocenters. The van der Waals surface area contributed by atoms with Crippen molar-refractivity contribution in [2.24, 2.45) is 0 Å². The minimum absolute atomic E-state index is 0.142. The number of hydrogen-bond donors (Lipinski definition) is 1. The highest BCUT2D eigenvalue weighted by Crippen LogP contribution is 2.35. The Morgan fingerprint density at radius 2 is 1.83 bits per heavy atom. The number of thiophene rings is 1. The van der Waals surface area contributed by atoms with Crippen LogP contribution >= 0.6 is 11.3 Å². The van der Waals surface area contributed by atoms with Gasteiger partial charge in [-0.1, -0.05) is 12.1 Å². The number of hydrogen-bond acceptors (Lipinski definition) is 6. The first-order valence-electron chi connectivity index (χ1n) is 9.66. The van der Waals surface area contributed by atoms with E-state index in [9.17, 15) is 9.18 Å². The Labute approximate surface area is 173 Å². The van der Waals surface area contributed by atoms with Gasteiger partial charge in [0.05, 0.1) is 10.3 Å². The highest BCUT2D eigenvalue weighted by atomic mass is 32.1. The van der Waals surface area contributed by atoms with E-state index in [1.807, 2.05) is 13.8 Å². The maximum atomic E-state index is 13.1. The first-order chi connectivity index (χ1) is 13.9. The number of piperazine rings is 1. The molecule has 152 valence electrons. The number of anilines is 1. The van der Waals surface area contributed by atoms with Crippen molar-refractivity contribution in [1.82, 2.24) is 20.2 Å². The summed E-state index contributed by atoms with van der Waals surface area (Å²) in [6.07, 6.45) is 0. The summed E-state index contributed by atoms with van der Waals surface area (Å²) in [4.78, 5) is 28.2. The van der Waals surface area contributed by atoms with Crippen molar-refractivity contribution in [2.45, 2.75) is 20.4 Å². The summed E-state index contributed by atoms with van der Waals surface area (Å²) in [7, 11) is 2.12. The van der Waals surface area contributed by atoms with Gasteiger partial charge in [0.1, 0.15) is 22.3 Å². The summed E-state index contributed by atoms with van der Waals surface area (Å²) in [5.74, 6) is 1.21. The Morgan fingerprint density at radius 3 is 2.52 bits per heavy atom. The predicted molar refractivity (Wildman–Crippen MR) is 114 cm³/mol. The molecule has 1 amide bonds. The van der Waals surface area contributed by atoms with Gasteiger partial charge in [0, 0.05) is 32.7 Å². The van der Waals surface area contributed by atoms with Crippen LogP contribution in [0.5, 0.6) is 0 Å². The van der Waals surface area contributed by atoms with Crippen LogP contribution < -0.4 is 10.2 Å². The van der Waals surface area contributed by atoms with Crippen LogP contribution in [0.4, 0.5) is 10.2 Å². The van der Waals surface area contributed by atoms with Gasteiger partial charge in [0.25, 0.3) is 5.91 Å². The van der Waals surface area contributed by atoms with Crippen molar-refractivity contribution in [3.63, 3.8) is 0 Å². The smallest absolute Gasteiger partial charge is 0.261 e. The molecule has 2 aromatic heterocycles. The standard InChI is InChI=1S/C21H24FN5OS/c1-13-17-19(27-10-8-26(3)9-11-27)24-14(2)25-21(17)29-18(13)20(28)23-12-15-4-6-16(22)7-5-15/h4-7H,8-12H2,1-3H3,(H,23,28). The van der Waals surface area contributed by atoms with Gasteiger partial charge in [-0.2, -0.15) is 0 Å². The number of nitrogens with zero attached hydrogens (tertiary/aromatic N) is 4. The topological polar surface area (TPSA) is 61.4 Å². The number of amides is 1. The van der Waals surface area contributed by atoms with E-state index in [1.54, 1.807) is 12.1 Å². The van der Waals surface area contributed by atoms with Crippen LogP contribution in [-0.4, -0.2) is 54.0 Å². The molecule has 0 aliphatic carbocycles. The first kappa shape index (κ1) is 19.7. The lowest BCUT2D eigenvalue weighted by Gasteiger charge is -2.33. The zero-order valence-electron chi connectivity index (χ0n) is 16.8. The molecule has 1 N–H and O–H groups in total. The van der Waals surface area contributed by atoms with Crippen LogP contribution in [0, 0.1) is 19.7 Å². The van der Waals surface area contributed by atoms with Gasteiger partial charge in [-0.15, -0.1) is 11.3 Å². The van der Waals surface area contributed by atoms with E-state index in [0.717, 1.165) is 53.3 Å².